The van der Waals surface area contributed by atoms with Gasteiger partial charge in [0, 0.05) is 42.2 Å². The summed E-state index contributed by atoms with van der Waals surface area (Å²) in [6, 6.07) is 24.9. The molecule has 1 N–H and O–H groups in total. The fourth-order valence-electron chi connectivity index (χ4n) is 4.67. The zero-order chi connectivity index (χ0) is 23.5. The average Bonchev–Trinajstić information content (AvgIpc) is 3.24. The van der Waals surface area contributed by atoms with Crippen molar-refractivity contribution in [3.05, 3.63) is 101 Å². The Morgan fingerprint density at radius 3 is 2.32 bits per heavy atom. The van der Waals surface area contributed by atoms with Crippen LogP contribution < -0.4 is 5.32 Å². The standard InChI is InChI=1S/C28H28ClN3O2/c1-2-31-16-18-32(19-17-31)26(20-12-14-22(29)15-13-20)27-25(23-10-6-7-11-24(23)34-27)30-28(33)21-8-4-3-5-9-21/h3-15,26H,2,16-19H2,1H3,(H,30,33)/t26-/m1/s1. The van der Waals surface area contributed by atoms with Crippen LogP contribution in [-0.4, -0.2) is 48.4 Å². The van der Waals surface area contributed by atoms with Crippen LogP contribution in [0, 0.1) is 0 Å². The van der Waals surface area contributed by atoms with E-state index in [1.54, 1.807) is 0 Å². The van der Waals surface area contributed by atoms with Crippen molar-refractivity contribution in [3.8, 4) is 0 Å². The maximum Gasteiger partial charge on any atom is 0.255 e. The maximum absolute atomic E-state index is 13.2. The van der Waals surface area contributed by atoms with Gasteiger partial charge in [-0.05, 0) is 48.5 Å². The number of carbonyl (C=O) groups excluding carboxylic acids is 1. The molecular formula is C28H28ClN3O2. The Morgan fingerprint density at radius 1 is 0.941 bits per heavy atom. The lowest BCUT2D eigenvalue weighted by Gasteiger charge is -2.38. The van der Waals surface area contributed by atoms with Gasteiger partial charge in [0.2, 0.25) is 0 Å². The number of amides is 1. The van der Waals surface area contributed by atoms with Gasteiger partial charge in [-0.15, -0.1) is 0 Å². The van der Waals surface area contributed by atoms with Crippen molar-refractivity contribution < 1.29 is 9.21 Å². The van der Waals surface area contributed by atoms with Crippen LogP contribution in [0.3, 0.4) is 0 Å². The number of halogens is 1. The van der Waals surface area contributed by atoms with Gasteiger partial charge in [-0.1, -0.05) is 61.0 Å². The molecule has 174 valence electrons. The number of nitrogens with one attached hydrogen (secondary N) is 1. The summed E-state index contributed by atoms with van der Waals surface area (Å²) >= 11 is 6.22. The molecule has 5 rings (SSSR count). The summed E-state index contributed by atoms with van der Waals surface area (Å²) in [7, 11) is 0. The summed E-state index contributed by atoms with van der Waals surface area (Å²) in [4.78, 5) is 18.1. The summed E-state index contributed by atoms with van der Waals surface area (Å²) in [6.45, 7) is 7.04. The van der Waals surface area contributed by atoms with Crippen LogP contribution in [0.25, 0.3) is 11.0 Å². The Bertz CT molecular complexity index is 1260. The highest BCUT2D eigenvalue weighted by molar-refractivity contribution is 6.30. The first-order valence-electron chi connectivity index (χ1n) is 11.7. The molecule has 1 aliphatic rings. The van der Waals surface area contributed by atoms with Crippen LogP contribution in [0.2, 0.25) is 5.02 Å². The minimum Gasteiger partial charge on any atom is -0.457 e. The molecule has 0 radical (unpaired) electrons. The summed E-state index contributed by atoms with van der Waals surface area (Å²) in [5.41, 5.74) is 3.18. The molecule has 34 heavy (non-hydrogen) atoms. The average molecular weight is 474 g/mol. The van der Waals surface area contributed by atoms with E-state index < -0.39 is 0 Å². The lowest BCUT2D eigenvalue weighted by molar-refractivity contribution is 0.102. The van der Waals surface area contributed by atoms with E-state index in [1.165, 1.54) is 0 Å². The number of hydrogen-bond donors (Lipinski definition) is 1. The second kappa shape index (κ2) is 10.0. The molecule has 1 amide bonds. The minimum absolute atomic E-state index is 0.144. The molecule has 1 aliphatic heterocycles. The number of nitrogens with zero attached hydrogens (tertiary/aromatic N) is 2. The lowest BCUT2D eigenvalue weighted by Crippen LogP contribution is -2.47. The summed E-state index contributed by atoms with van der Waals surface area (Å²) < 4.78 is 6.49. The first-order chi connectivity index (χ1) is 16.6. The largest absolute Gasteiger partial charge is 0.457 e. The number of likely N-dealkylation sites (N-methyl/N-ethyl adjacent to an activating group) is 1. The van der Waals surface area contributed by atoms with E-state index in [2.05, 4.69) is 34.2 Å². The number of furan rings is 1. The molecule has 0 bridgehead atoms. The topological polar surface area (TPSA) is 48.7 Å². The van der Waals surface area contributed by atoms with Gasteiger partial charge in [0.05, 0.1) is 11.7 Å². The first kappa shape index (κ1) is 22.7. The highest BCUT2D eigenvalue weighted by atomic mass is 35.5. The molecule has 0 unspecified atom stereocenters. The van der Waals surface area contributed by atoms with Crippen LogP contribution in [0.15, 0.2) is 83.3 Å². The number of hydrogen-bond acceptors (Lipinski definition) is 4. The molecule has 6 heteroatoms. The van der Waals surface area contributed by atoms with E-state index in [-0.39, 0.29) is 11.9 Å². The molecule has 1 fully saturated rings. The van der Waals surface area contributed by atoms with Crippen molar-refractivity contribution in [2.75, 3.05) is 38.0 Å². The van der Waals surface area contributed by atoms with E-state index in [0.29, 0.717) is 10.6 Å². The van der Waals surface area contributed by atoms with Crippen molar-refractivity contribution >= 4 is 34.2 Å². The normalized spacial score (nSPS) is 15.9. The highest BCUT2D eigenvalue weighted by Crippen LogP contribution is 2.41. The lowest BCUT2D eigenvalue weighted by atomic mass is 9.99. The van der Waals surface area contributed by atoms with E-state index in [4.69, 9.17) is 16.0 Å². The van der Waals surface area contributed by atoms with Gasteiger partial charge >= 0.3 is 0 Å². The number of benzene rings is 3. The third kappa shape index (κ3) is 4.60. The molecule has 4 aromatic rings. The number of piperazine rings is 1. The Morgan fingerprint density at radius 2 is 1.62 bits per heavy atom. The molecule has 0 aliphatic carbocycles. The number of para-hydroxylation sites is 1. The number of fused-ring (bicyclic) bond motifs is 1. The van der Waals surface area contributed by atoms with Crippen LogP contribution >= 0.6 is 11.6 Å². The van der Waals surface area contributed by atoms with Gasteiger partial charge < -0.3 is 14.6 Å². The quantitative estimate of drug-likeness (QED) is 0.369. The molecule has 1 atom stereocenters. The van der Waals surface area contributed by atoms with Crippen LogP contribution in [0.5, 0.6) is 0 Å². The summed E-state index contributed by atoms with van der Waals surface area (Å²) in [5.74, 6) is 0.594. The van der Waals surface area contributed by atoms with Gasteiger partial charge in [0.15, 0.2) is 0 Å². The minimum atomic E-state index is -0.154. The van der Waals surface area contributed by atoms with E-state index in [1.807, 2.05) is 66.7 Å². The Labute approximate surface area is 204 Å². The van der Waals surface area contributed by atoms with Crippen LogP contribution in [0.4, 0.5) is 5.69 Å². The second-order valence-electron chi connectivity index (χ2n) is 8.58. The molecule has 5 nitrogen and oxygen atoms in total. The van der Waals surface area contributed by atoms with Crippen molar-refractivity contribution in [1.29, 1.82) is 0 Å². The van der Waals surface area contributed by atoms with Gasteiger partial charge in [-0.2, -0.15) is 0 Å². The van der Waals surface area contributed by atoms with E-state index in [0.717, 1.165) is 60.7 Å². The Hall–Kier alpha value is -3.12. The first-order valence-corrected chi connectivity index (χ1v) is 12.1. The van der Waals surface area contributed by atoms with E-state index >= 15 is 0 Å². The molecule has 0 saturated carbocycles. The zero-order valence-corrected chi connectivity index (χ0v) is 20.0. The SMILES string of the molecule is CCN1CCN([C@H](c2ccc(Cl)cc2)c2oc3ccccc3c2NC(=O)c2ccccc2)CC1. The smallest absolute Gasteiger partial charge is 0.255 e. The highest BCUT2D eigenvalue weighted by Gasteiger charge is 2.32. The van der Waals surface area contributed by atoms with Crippen molar-refractivity contribution in [2.45, 2.75) is 13.0 Å². The number of anilines is 1. The Balaban J connectivity index is 1.60. The zero-order valence-electron chi connectivity index (χ0n) is 19.2. The molecule has 1 aromatic heterocycles. The predicted octanol–water partition coefficient (Wildman–Crippen LogP) is 6.07. The van der Waals surface area contributed by atoms with Gasteiger partial charge in [0.1, 0.15) is 11.3 Å². The third-order valence-corrected chi connectivity index (χ3v) is 6.80. The van der Waals surface area contributed by atoms with E-state index in [9.17, 15) is 4.79 Å². The fraction of sp³-hybridized carbons (Fsp3) is 0.250. The molecular weight excluding hydrogens is 446 g/mol. The molecule has 3 aromatic carbocycles. The van der Waals surface area contributed by atoms with Gasteiger partial charge in [-0.25, -0.2) is 0 Å². The third-order valence-electron chi connectivity index (χ3n) is 6.55. The summed E-state index contributed by atoms with van der Waals surface area (Å²) in [5, 5.41) is 4.77. The van der Waals surface area contributed by atoms with Crippen LogP contribution in [0.1, 0.15) is 34.6 Å². The molecule has 2 heterocycles. The molecule has 0 spiro atoms. The Kier molecular flexibility index (Phi) is 6.68. The van der Waals surface area contributed by atoms with Gasteiger partial charge in [-0.3, -0.25) is 9.69 Å². The van der Waals surface area contributed by atoms with Crippen molar-refractivity contribution in [1.82, 2.24) is 9.80 Å². The number of carbonyl (C=O) groups is 1. The fourth-order valence-corrected chi connectivity index (χ4v) is 4.80. The second-order valence-corrected chi connectivity index (χ2v) is 9.02. The molecule has 1 saturated heterocycles. The monoisotopic (exact) mass is 473 g/mol. The van der Waals surface area contributed by atoms with Crippen LogP contribution in [-0.2, 0) is 0 Å². The predicted molar refractivity (Wildman–Crippen MR) is 138 cm³/mol. The van der Waals surface area contributed by atoms with Gasteiger partial charge in [0.25, 0.3) is 5.91 Å². The maximum atomic E-state index is 13.2. The number of rotatable bonds is 6. The van der Waals surface area contributed by atoms with Crippen molar-refractivity contribution in [2.24, 2.45) is 0 Å². The summed E-state index contributed by atoms with van der Waals surface area (Å²) in [6.07, 6.45) is 0. The van der Waals surface area contributed by atoms with Crippen molar-refractivity contribution in [3.63, 3.8) is 0 Å².